The molecular formula is C23H29N3O5S. The number of amides is 1. The van der Waals surface area contributed by atoms with Gasteiger partial charge in [-0.2, -0.15) is 4.31 Å². The Kier molecular flexibility index (Phi) is 6.71. The van der Waals surface area contributed by atoms with Gasteiger partial charge in [0.1, 0.15) is 0 Å². The Labute approximate surface area is 188 Å². The van der Waals surface area contributed by atoms with Crippen molar-refractivity contribution in [3.05, 3.63) is 63.7 Å². The molecule has 1 aliphatic heterocycles. The molecule has 8 nitrogen and oxygen atoms in total. The fraction of sp³-hybridized carbons (Fsp3) is 0.435. The molecule has 172 valence electrons. The van der Waals surface area contributed by atoms with E-state index >= 15 is 0 Å². The van der Waals surface area contributed by atoms with E-state index in [9.17, 15) is 23.3 Å². The predicted octanol–water partition coefficient (Wildman–Crippen LogP) is 4.24. The summed E-state index contributed by atoms with van der Waals surface area (Å²) < 4.78 is 27.4. The molecule has 1 saturated heterocycles. The largest absolute Gasteiger partial charge is 0.326 e. The summed E-state index contributed by atoms with van der Waals surface area (Å²) in [4.78, 5) is 23.1. The van der Waals surface area contributed by atoms with Gasteiger partial charge in [-0.1, -0.05) is 39.0 Å². The number of aryl methyl sites for hydroxylation is 1. The number of anilines is 1. The van der Waals surface area contributed by atoms with Crippen LogP contribution in [0, 0.1) is 23.0 Å². The summed E-state index contributed by atoms with van der Waals surface area (Å²) in [5, 5.41) is 14.0. The molecule has 1 fully saturated rings. The molecular weight excluding hydrogens is 430 g/mol. The van der Waals surface area contributed by atoms with Gasteiger partial charge in [-0.05, 0) is 48.4 Å². The molecule has 0 bridgehead atoms. The van der Waals surface area contributed by atoms with Crippen molar-refractivity contribution in [1.82, 2.24) is 4.31 Å². The zero-order chi connectivity index (χ0) is 23.7. The van der Waals surface area contributed by atoms with Crippen LogP contribution in [0.3, 0.4) is 0 Å². The van der Waals surface area contributed by atoms with Crippen molar-refractivity contribution in [3.8, 4) is 0 Å². The normalized spacial score (nSPS) is 16.0. The van der Waals surface area contributed by atoms with Crippen molar-refractivity contribution in [2.45, 2.75) is 50.8 Å². The Balaban J connectivity index is 1.65. The second kappa shape index (κ2) is 8.99. The first-order valence-electron chi connectivity index (χ1n) is 10.6. The highest BCUT2D eigenvalue weighted by atomic mass is 32.2. The maximum absolute atomic E-state index is 13.1. The van der Waals surface area contributed by atoms with Crippen molar-refractivity contribution < 1.29 is 18.1 Å². The molecule has 0 aliphatic carbocycles. The molecule has 0 spiro atoms. The van der Waals surface area contributed by atoms with Crippen molar-refractivity contribution in [3.63, 3.8) is 0 Å². The number of piperidine rings is 1. The lowest BCUT2D eigenvalue weighted by Gasteiger charge is -2.31. The minimum absolute atomic E-state index is 0.0262. The number of hydrogen-bond acceptors (Lipinski definition) is 5. The number of non-ortho nitro benzene ring substituents is 1. The molecule has 1 aliphatic rings. The molecule has 0 aromatic heterocycles. The molecule has 1 amide bonds. The van der Waals surface area contributed by atoms with Gasteiger partial charge in [-0.15, -0.1) is 0 Å². The van der Waals surface area contributed by atoms with Crippen LogP contribution in [0.25, 0.3) is 0 Å². The number of nitrogens with zero attached hydrogens (tertiary/aromatic N) is 2. The van der Waals surface area contributed by atoms with Crippen LogP contribution in [0.4, 0.5) is 11.4 Å². The van der Waals surface area contributed by atoms with Gasteiger partial charge in [0, 0.05) is 36.8 Å². The summed E-state index contributed by atoms with van der Waals surface area (Å²) >= 11 is 0. The standard InChI is InChI=1S/C23H29N3O5S/c1-16-5-10-20(26(28)29)15-21(16)32(30,31)25-13-11-17(12-14-25)22(27)24-19-8-6-18(7-9-19)23(2,3)4/h5-10,15,17H,11-14H2,1-4H3,(H,24,27). The Morgan fingerprint density at radius 3 is 2.22 bits per heavy atom. The zero-order valence-electron chi connectivity index (χ0n) is 18.8. The van der Waals surface area contributed by atoms with Gasteiger partial charge >= 0.3 is 0 Å². The lowest BCUT2D eigenvalue weighted by Crippen LogP contribution is -2.41. The van der Waals surface area contributed by atoms with E-state index in [2.05, 4.69) is 26.1 Å². The van der Waals surface area contributed by atoms with E-state index < -0.39 is 14.9 Å². The molecule has 0 atom stereocenters. The fourth-order valence-electron chi connectivity index (χ4n) is 3.78. The lowest BCUT2D eigenvalue weighted by molar-refractivity contribution is -0.385. The second-order valence-corrected chi connectivity index (χ2v) is 11.1. The SMILES string of the molecule is Cc1ccc([N+](=O)[O-])cc1S(=O)(=O)N1CCC(C(=O)Nc2ccc(C(C)(C)C)cc2)CC1. The predicted molar refractivity (Wildman–Crippen MR) is 123 cm³/mol. The minimum atomic E-state index is -3.88. The summed E-state index contributed by atoms with van der Waals surface area (Å²) in [6, 6.07) is 11.6. The first-order valence-corrected chi connectivity index (χ1v) is 12.0. The number of carbonyl (C=O) groups is 1. The third-order valence-electron chi connectivity index (χ3n) is 5.84. The van der Waals surface area contributed by atoms with E-state index in [4.69, 9.17) is 0 Å². The van der Waals surface area contributed by atoms with E-state index in [0.29, 0.717) is 24.1 Å². The summed E-state index contributed by atoms with van der Waals surface area (Å²) in [6.07, 6.45) is 0.776. The molecule has 1 heterocycles. The van der Waals surface area contributed by atoms with E-state index in [1.54, 1.807) is 6.92 Å². The molecule has 3 rings (SSSR count). The summed E-state index contributed by atoms with van der Waals surface area (Å²) in [6.45, 7) is 8.35. The molecule has 2 aromatic rings. The maximum atomic E-state index is 13.1. The van der Waals surface area contributed by atoms with Gasteiger partial charge in [0.2, 0.25) is 15.9 Å². The van der Waals surface area contributed by atoms with Crippen LogP contribution in [0.5, 0.6) is 0 Å². The van der Waals surface area contributed by atoms with Gasteiger partial charge < -0.3 is 5.32 Å². The lowest BCUT2D eigenvalue weighted by atomic mass is 9.87. The quantitative estimate of drug-likeness (QED) is 0.531. The van der Waals surface area contributed by atoms with Crippen LogP contribution < -0.4 is 5.32 Å². The first-order chi connectivity index (χ1) is 14.9. The number of carbonyl (C=O) groups excluding carboxylic acids is 1. The van der Waals surface area contributed by atoms with Crippen molar-refractivity contribution in [1.29, 1.82) is 0 Å². The van der Waals surface area contributed by atoms with Gasteiger partial charge in [0.05, 0.1) is 9.82 Å². The van der Waals surface area contributed by atoms with Crippen LogP contribution in [-0.4, -0.2) is 36.6 Å². The molecule has 9 heteroatoms. The monoisotopic (exact) mass is 459 g/mol. The molecule has 2 aromatic carbocycles. The summed E-state index contributed by atoms with van der Waals surface area (Å²) in [5.74, 6) is -0.424. The third-order valence-corrected chi connectivity index (χ3v) is 7.88. The number of benzene rings is 2. The molecule has 0 radical (unpaired) electrons. The van der Waals surface area contributed by atoms with Gasteiger partial charge in [-0.25, -0.2) is 8.42 Å². The highest BCUT2D eigenvalue weighted by molar-refractivity contribution is 7.89. The number of sulfonamides is 1. The van der Waals surface area contributed by atoms with Gasteiger partial charge in [0.15, 0.2) is 0 Å². The number of rotatable bonds is 5. The fourth-order valence-corrected chi connectivity index (χ4v) is 5.49. The molecule has 1 N–H and O–H groups in total. The number of hydrogen-bond donors (Lipinski definition) is 1. The molecule has 32 heavy (non-hydrogen) atoms. The van der Waals surface area contributed by atoms with E-state index in [1.807, 2.05) is 24.3 Å². The number of nitro groups is 1. The molecule has 0 unspecified atom stereocenters. The number of nitrogens with one attached hydrogen (secondary N) is 1. The average Bonchev–Trinajstić information content (AvgIpc) is 2.73. The molecule has 0 saturated carbocycles. The number of nitro benzene ring substituents is 1. The van der Waals surface area contributed by atoms with Gasteiger partial charge in [-0.3, -0.25) is 14.9 Å². The summed E-state index contributed by atoms with van der Waals surface area (Å²) in [7, 11) is -3.88. The van der Waals surface area contributed by atoms with Crippen LogP contribution in [0.15, 0.2) is 47.4 Å². The zero-order valence-corrected chi connectivity index (χ0v) is 19.6. The van der Waals surface area contributed by atoms with Gasteiger partial charge in [0.25, 0.3) is 5.69 Å². The topological polar surface area (TPSA) is 110 Å². The minimum Gasteiger partial charge on any atom is -0.326 e. The highest BCUT2D eigenvalue weighted by Gasteiger charge is 2.33. The average molecular weight is 460 g/mol. The second-order valence-electron chi connectivity index (χ2n) is 9.20. The third kappa shape index (κ3) is 5.16. The van der Waals surface area contributed by atoms with Crippen molar-refractivity contribution in [2.24, 2.45) is 5.92 Å². The Morgan fingerprint density at radius 2 is 1.69 bits per heavy atom. The summed E-state index contributed by atoms with van der Waals surface area (Å²) in [5.41, 5.74) is 2.10. The Hall–Kier alpha value is -2.78. The van der Waals surface area contributed by atoms with E-state index in [-0.39, 0.29) is 40.9 Å². The van der Waals surface area contributed by atoms with Crippen LogP contribution in [0.1, 0.15) is 44.7 Å². The highest BCUT2D eigenvalue weighted by Crippen LogP contribution is 2.29. The van der Waals surface area contributed by atoms with Crippen molar-refractivity contribution in [2.75, 3.05) is 18.4 Å². The van der Waals surface area contributed by atoms with E-state index in [1.165, 1.54) is 22.0 Å². The maximum Gasteiger partial charge on any atom is 0.270 e. The van der Waals surface area contributed by atoms with E-state index in [0.717, 1.165) is 6.07 Å². The van der Waals surface area contributed by atoms with Crippen molar-refractivity contribution >= 4 is 27.3 Å². The Bertz CT molecular complexity index is 1110. The van der Waals surface area contributed by atoms with Crippen LogP contribution >= 0.6 is 0 Å². The van der Waals surface area contributed by atoms with Crippen LogP contribution in [0.2, 0.25) is 0 Å². The first kappa shape index (κ1) is 23.9. The Morgan fingerprint density at radius 1 is 1.09 bits per heavy atom. The smallest absolute Gasteiger partial charge is 0.270 e. The van der Waals surface area contributed by atoms with Crippen LogP contribution in [-0.2, 0) is 20.2 Å².